The largest absolute Gasteiger partial charge is 0.472 e. The van der Waals surface area contributed by atoms with Gasteiger partial charge >= 0.3 is 6.18 Å². The van der Waals surface area contributed by atoms with E-state index in [0.29, 0.717) is 25.3 Å². The number of aromatic nitrogens is 2. The van der Waals surface area contributed by atoms with Crippen molar-refractivity contribution in [1.29, 1.82) is 0 Å². The van der Waals surface area contributed by atoms with E-state index in [2.05, 4.69) is 9.97 Å². The number of benzene rings is 1. The van der Waals surface area contributed by atoms with Gasteiger partial charge in [-0.2, -0.15) is 13.2 Å². The topological polar surface area (TPSA) is 58.5 Å². The Labute approximate surface area is 159 Å². The van der Waals surface area contributed by atoms with Crippen LogP contribution in [0.15, 0.2) is 48.7 Å². The number of hydrogen-bond acceptors (Lipinski definition) is 5. The molecule has 1 atom stereocenters. The zero-order valence-corrected chi connectivity index (χ0v) is 14.9. The Morgan fingerprint density at radius 2 is 2.00 bits per heavy atom. The van der Waals surface area contributed by atoms with E-state index in [0.717, 1.165) is 28.7 Å². The number of para-hydroxylation sites is 1. The van der Waals surface area contributed by atoms with Crippen molar-refractivity contribution in [3.8, 4) is 5.88 Å². The number of ether oxygens (including phenoxy) is 1. The van der Waals surface area contributed by atoms with Crippen molar-refractivity contribution in [2.45, 2.75) is 25.3 Å². The van der Waals surface area contributed by atoms with Crippen molar-refractivity contribution < 1.29 is 23.0 Å². The van der Waals surface area contributed by atoms with Gasteiger partial charge in [-0.3, -0.25) is 0 Å². The molecule has 1 aliphatic rings. The molecule has 0 spiro atoms. The fourth-order valence-corrected chi connectivity index (χ4v) is 3.34. The molecule has 1 aromatic carbocycles. The maximum Gasteiger partial charge on any atom is 0.417 e. The molecule has 1 unspecified atom stereocenters. The molecule has 1 N–H and O–H groups in total. The van der Waals surface area contributed by atoms with Gasteiger partial charge in [0.25, 0.3) is 0 Å². The first-order valence-electron chi connectivity index (χ1n) is 8.88. The van der Waals surface area contributed by atoms with E-state index in [1.165, 1.54) is 6.07 Å². The fourth-order valence-electron chi connectivity index (χ4n) is 3.34. The minimum Gasteiger partial charge on any atom is -0.472 e. The van der Waals surface area contributed by atoms with Gasteiger partial charge in [0.1, 0.15) is 11.9 Å². The smallest absolute Gasteiger partial charge is 0.417 e. The van der Waals surface area contributed by atoms with Gasteiger partial charge in [-0.15, -0.1) is 0 Å². The van der Waals surface area contributed by atoms with Gasteiger partial charge in [0.2, 0.25) is 5.88 Å². The zero-order valence-electron chi connectivity index (χ0n) is 14.9. The summed E-state index contributed by atoms with van der Waals surface area (Å²) in [7, 11) is 0. The second-order valence-corrected chi connectivity index (χ2v) is 6.68. The van der Waals surface area contributed by atoms with Crippen molar-refractivity contribution in [1.82, 2.24) is 9.97 Å². The van der Waals surface area contributed by atoms with Crippen LogP contribution < -0.4 is 9.64 Å². The van der Waals surface area contributed by atoms with E-state index in [9.17, 15) is 18.3 Å². The van der Waals surface area contributed by atoms with Crippen LogP contribution in [0.3, 0.4) is 0 Å². The molecule has 5 nitrogen and oxygen atoms in total. The summed E-state index contributed by atoms with van der Waals surface area (Å²) in [4.78, 5) is 10.5. The van der Waals surface area contributed by atoms with Crippen LogP contribution in [0, 0.1) is 0 Å². The Hall–Kier alpha value is -2.87. The third-order valence-corrected chi connectivity index (χ3v) is 4.75. The number of aliphatic hydroxyl groups is 1. The van der Waals surface area contributed by atoms with E-state index in [1.807, 2.05) is 35.2 Å². The van der Waals surface area contributed by atoms with Crippen LogP contribution >= 0.6 is 0 Å². The summed E-state index contributed by atoms with van der Waals surface area (Å²) in [5.41, 5.74) is 0.760. The molecule has 3 aromatic rings. The lowest BCUT2D eigenvalue weighted by Crippen LogP contribution is -2.26. The molecule has 1 fully saturated rings. The molecule has 0 aliphatic carbocycles. The van der Waals surface area contributed by atoms with Gasteiger partial charge in [0, 0.05) is 36.2 Å². The summed E-state index contributed by atoms with van der Waals surface area (Å²) >= 11 is 0. The number of hydrogen-bond donors (Lipinski definition) is 1. The van der Waals surface area contributed by atoms with Crippen LogP contribution in [0.5, 0.6) is 5.88 Å². The molecule has 0 radical (unpaired) electrons. The van der Waals surface area contributed by atoms with Gasteiger partial charge in [0.05, 0.1) is 24.2 Å². The van der Waals surface area contributed by atoms with Gasteiger partial charge in [-0.1, -0.05) is 18.2 Å². The normalized spacial score (nSPS) is 17.3. The Morgan fingerprint density at radius 3 is 2.71 bits per heavy atom. The Balaban J connectivity index is 1.49. The molecule has 1 aliphatic heterocycles. The number of aliphatic hydroxyl groups excluding tert-OH is 1. The molecule has 146 valence electrons. The monoisotopic (exact) mass is 389 g/mol. The molecule has 0 amide bonds. The first-order chi connectivity index (χ1) is 13.4. The first-order valence-corrected chi connectivity index (χ1v) is 8.88. The maximum atomic E-state index is 12.6. The number of anilines is 1. The fraction of sp³-hybridized carbons (Fsp3) is 0.300. The van der Waals surface area contributed by atoms with Crippen LogP contribution in [0.1, 0.15) is 17.5 Å². The molecule has 4 rings (SSSR count). The molecular weight excluding hydrogens is 371 g/mol. The van der Waals surface area contributed by atoms with Crippen molar-refractivity contribution in [2.24, 2.45) is 0 Å². The molecule has 0 saturated carbocycles. The van der Waals surface area contributed by atoms with Gasteiger partial charge in [-0.05, 0) is 18.2 Å². The standard InChI is InChI=1S/C20H18F3N3O2/c21-20(22,23)15-5-6-18(24-10-15)28-16-7-8-26(11-16)19-14(12-27)9-13-3-1-2-4-17(13)25-19/h1-6,9-10,16,27H,7-8,11-12H2. The number of rotatable bonds is 4. The van der Waals surface area contributed by atoms with Crippen LogP contribution in [0.4, 0.5) is 19.0 Å². The summed E-state index contributed by atoms with van der Waals surface area (Å²) in [5, 5.41) is 10.7. The van der Waals surface area contributed by atoms with E-state index in [4.69, 9.17) is 4.74 Å². The van der Waals surface area contributed by atoms with E-state index in [-0.39, 0.29) is 18.6 Å². The summed E-state index contributed by atoms with van der Waals surface area (Å²) in [6, 6.07) is 11.8. The number of alkyl halides is 3. The summed E-state index contributed by atoms with van der Waals surface area (Å²) in [6.45, 7) is 1.06. The van der Waals surface area contributed by atoms with Crippen molar-refractivity contribution in [3.63, 3.8) is 0 Å². The summed E-state index contributed by atoms with van der Waals surface area (Å²) in [5.74, 6) is 0.862. The maximum absolute atomic E-state index is 12.6. The predicted molar refractivity (Wildman–Crippen MR) is 98.2 cm³/mol. The van der Waals surface area contributed by atoms with Gasteiger partial charge < -0.3 is 14.7 Å². The average molecular weight is 389 g/mol. The highest BCUT2D eigenvalue weighted by molar-refractivity contribution is 5.81. The van der Waals surface area contributed by atoms with Crippen LogP contribution in [-0.4, -0.2) is 34.3 Å². The van der Waals surface area contributed by atoms with Crippen LogP contribution in [-0.2, 0) is 12.8 Å². The van der Waals surface area contributed by atoms with Crippen LogP contribution in [0.25, 0.3) is 10.9 Å². The average Bonchev–Trinajstić information content (AvgIpc) is 3.15. The summed E-state index contributed by atoms with van der Waals surface area (Å²) < 4.78 is 43.6. The third-order valence-electron chi connectivity index (χ3n) is 4.75. The highest BCUT2D eigenvalue weighted by Crippen LogP contribution is 2.30. The second kappa shape index (κ2) is 7.27. The zero-order chi connectivity index (χ0) is 19.7. The Bertz CT molecular complexity index is 977. The lowest BCUT2D eigenvalue weighted by Gasteiger charge is -2.21. The third kappa shape index (κ3) is 3.73. The lowest BCUT2D eigenvalue weighted by atomic mass is 10.1. The minimum atomic E-state index is -4.42. The van der Waals surface area contributed by atoms with E-state index >= 15 is 0 Å². The molecule has 28 heavy (non-hydrogen) atoms. The number of nitrogens with zero attached hydrogens (tertiary/aromatic N) is 3. The highest BCUT2D eigenvalue weighted by atomic mass is 19.4. The lowest BCUT2D eigenvalue weighted by molar-refractivity contribution is -0.137. The van der Waals surface area contributed by atoms with E-state index < -0.39 is 11.7 Å². The van der Waals surface area contributed by atoms with Crippen molar-refractivity contribution >= 4 is 16.7 Å². The number of pyridine rings is 2. The molecular formula is C20H18F3N3O2. The quantitative estimate of drug-likeness (QED) is 0.736. The van der Waals surface area contributed by atoms with Crippen LogP contribution in [0.2, 0.25) is 0 Å². The Kier molecular flexibility index (Phi) is 4.80. The minimum absolute atomic E-state index is 0.129. The Morgan fingerprint density at radius 1 is 1.18 bits per heavy atom. The van der Waals surface area contributed by atoms with Crippen molar-refractivity contribution in [2.75, 3.05) is 18.0 Å². The summed E-state index contributed by atoms with van der Waals surface area (Å²) in [6.07, 6.45) is -3.18. The number of halogens is 3. The molecule has 8 heteroatoms. The molecule has 1 saturated heterocycles. The molecule has 3 heterocycles. The highest BCUT2D eigenvalue weighted by Gasteiger charge is 2.31. The van der Waals surface area contributed by atoms with Gasteiger partial charge in [-0.25, -0.2) is 9.97 Å². The predicted octanol–water partition coefficient (Wildman–Crippen LogP) is 3.80. The molecule has 0 bridgehead atoms. The molecule has 2 aromatic heterocycles. The van der Waals surface area contributed by atoms with Gasteiger partial charge in [0.15, 0.2) is 0 Å². The first kappa shape index (κ1) is 18.5. The number of fused-ring (bicyclic) bond motifs is 1. The van der Waals surface area contributed by atoms with Crippen molar-refractivity contribution in [3.05, 3.63) is 59.8 Å². The van der Waals surface area contributed by atoms with E-state index in [1.54, 1.807) is 0 Å². The second-order valence-electron chi connectivity index (χ2n) is 6.68. The SMILES string of the molecule is OCc1cc2ccccc2nc1N1CCC(Oc2ccc(C(F)(F)F)cn2)C1.